The molecule has 2 atom stereocenters. The Morgan fingerprint density at radius 1 is 1.47 bits per heavy atom. The van der Waals surface area contributed by atoms with Gasteiger partial charge in [0.15, 0.2) is 0 Å². The highest BCUT2D eigenvalue weighted by Gasteiger charge is 2.08. The van der Waals surface area contributed by atoms with Crippen LogP contribution in [0.25, 0.3) is 0 Å². The minimum atomic E-state index is -0.113. The molecule has 1 amide bonds. The highest BCUT2D eigenvalue weighted by Crippen LogP contribution is 2.18. The molecule has 0 bridgehead atoms. The molecule has 0 saturated carbocycles. The second kappa shape index (κ2) is 8.02. The molecule has 0 heterocycles. The molecule has 0 saturated heterocycles. The number of nitrogens with one attached hydrogen (secondary N) is 1. The Balaban J connectivity index is 2.28. The first-order valence-corrected chi connectivity index (χ1v) is 6.79. The van der Waals surface area contributed by atoms with E-state index >= 15 is 0 Å². The van der Waals surface area contributed by atoms with Gasteiger partial charge in [-0.1, -0.05) is 17.7 Å². The molecule has 0 fully saturated rings. The van der Waals surface area contributed by atoms with Gasteiger partial charge < -0.3 is 15.8 Å². The lowest BCUT2D eigenvalue weighted by Crippen LogP contribution is -2.34. The number of carbonyl (C=O) groups is 1. The summed E-state index contributed by atoms with van der Waals surface area (Å²) in [5, 5.41) is 3.45. The lowest BCUT2D eigenvalue weighted by Gasteiger charge is -2.15. The summed E-state index contributed by atoms with van der Waals surface area (Å²) in [6, 6.07) is 7.24. The summed E-state index contributed by atoms with van der Waals surface area (Å²) in [7, 11) is 0. The topological polar surface area (TPSA) is 64.4 Å². The van der Waals surface area contributed by atoms with Crippen LogP contribution in [0, 0.1) is 0 Å². The maximum absolute atomic E-state index is 11.5. The first kappa shape index (κ1) is 15.8. The van der Waals surface area contributed by atoms with Crippen molar-refractivity contribution in [3.05, 3.63) is 29.3 Å². The molecule has 3 N–H and O–H groups in total. The van der Waals surface area contributed by atoms with Gasteiger partial charge in [0.2, 0.25) is 5.91 Å². The van der Waals surface area contributed by atoms with Gasteiger partial charge in [0.25, 0.3) is 0 Å². The van der Waals surface area contributed by atoms with Crippen LogP contribution in [0.3, 0.4) is 0 Å². The maximum Gasteiger partial charge on any atom is 0.220 e. The van der Waals surface area contributed by atoms with Crippen LogP contribution in [0.4, 0.5) is 0 Å². The lowest BCUT2D eigenvalue weighted by atomic mass is 10.2. The van der Waals surface area contributed by atoms with E-state index in [1.54, 1.807) is 12.1 Å². The smallest absolute Gasteiger partial charge is 0.220 e. The normalized spacial score (nSPS) is 13.7. The molecule has 2 unspecified atom stereocenters. The zero-order chi connectivity index (χ0) is 14.3. The lowest BCUT2D eigenvalue weighted by molar-refractivity contribution is -0.121. The van der Waals surface area contributed by atoms with Crippen molar-refractivity contribution in [1.29, 1.82) is 0 Å². The van der Waals surface area contributed by atoms with Gasteiger partial charge in [-0.15, -0.1) is 0 Å². The van der Waals surface area contributed by atoms with Crippen LogP contribution in [0.5, 0.6) is 5.75 Å². The summed E-state index contributed by atoms with van der Waals surface area (Å²) in [4.78, 5) is 11.5. The van der Waals surface area contributed by atoms with E-state index in [1.807, 2.05) is 26.0 Å². The number of carbonyl (C=O) groups excluding carboxylic acids is 1. The largest absolute Gasteiger partial charge is 0.489 e. The molecular formula is C14H21ClN2O2. The number of halogens is 1. The van der Waals surface area contributed by atoms with Gasteiger partial charge in [-0.25, -0.2) is 0 Å². The molecular weight excluding hydrogens is 264 g/mol. The van der Waals surface area contributed by atoms with Crippen molar-refractivity contribution >= 4 is 17.5 Å². The minimum Gasteiger partial charge on any atom is -0.489 e. The number of ether oxygens (including phenoxy) is 1. The molecule has 0 aliphatic carbocycles. The van der Waals surface area contributed by atoms with E-state index < -0.39 is 0 Å². The van der Waals surface area contributed by atoms with Crippen LogP contribution in [-0.4, -0.2) is 24.6 Å². The van der Waals surface area contributed by atoms with Crippen LogP contribution < -0.4 is 15.8 Å². The Bertz CT molecular complexity index is 410. The quantitative estimate of drug-likeness (QED) is 0.808. The Morgan fingerprint density at radius 3 is 2.84 bits per heavy atom. The summed E-state index contributed by atoms with van der Waals surface area (Å²) in [5.74, 6) is 0.698. The molecule has 1 rings (SSSR count). The van der Waals surface area contributed by atoms with Crippen LogP contribution in [0.2, 0.25) is 5.02 Å². The van der Waals surface area contributed by atoms with Crippen molar-refractivity contribution in [3.63, 3.8) is 0 Å². The zero-order valence-corrected chi connectivity index (χ0v) is 12.1. The fraction of sp³-hybridized carbons (Fsp3) is 0.500. The average Bonchev–Trinajstić information content (AvgIpc) is 2.34. The number of hydrogen-bond donors (Lipinski definition) is 2. The van der Waals surface area contributed by atoms with Crippen LogP contribution in [-0.2, 0) is 4.79 Å². The molecule has 19 heavy (non-hydrogen) atoms. The van der Waals surface area contributed by atoms with E-state index in [0.29, 0.717) is 30.2 Å². The first-order chi connectivity index (χ1) is 8.97. The molecule has 1 aromatic carbocycles. The first-order valence-electron chi connectivity index (χ1n) is 6.42. The van der Waals surface area contributed by atoms with E-state index in [1.165, 1.54) is 0 Å². The molecule has 0 spiro atoms. The third kappa shape index (κ3) is 7.03. The molecule has 0 aliphatic rings. The van der Waals surface area contributed by atoms with Gasteiger partial charge in [0.1, 0.15) is 11.9 Å². The van der Waals surface area contributed by atoms with Crippen LogP contribution in [0.15, 0.2) is 24.3 Å². The molecule has 0 aromatic heterocycles. The van der Waals surface area contributed by atoms with Gasteiger partial charge in [-0.05, 0) is 38.5 Å². The van der Waals surface area contributed by atoms with E-state index in [9.17, 15) is 4.79 Å². The molecule has 0 radical (unpaired) electrons. The Morgan fingerprint density at radius 2 is 2.21 bits per heavy atom. The number of hydrogen-bond acceptors (Lipinski definition) is 3. The van der Waals surface area contributed by atoms with Crippen molar-refractivity contribution in [3.8, 4) is 5.75 Å². The van der Waals surface area contributed by atoms with E-state index in [2.05, 4.69) is 5.32 Å². The summed E-state index contributed by atoms with van der Waals surface area (Å²) in [6.07, 6.45) is 1.02. The number of benzene rings is 1. The van der Waals surface area contributed by atoms with Crippen molar-refractivity contribution in [2.45, 2.75) is 38.8 Å². The van der Waals surface area contributed by atoms with E-state index in [0.717, 1.165) is 0 Å². The number of nitrogens with two attached hydrogens (primary N) is 1. The fourth-order valence-corrected chi connectivity index (χ4v) is 1.70. The third-order valence-electron chi connectivity index (χ3n) is 2.55. The van der Waals surface area contributed by atoms with Crippen molar-refractivity contribution in [2.75, 3.05) is 6.54 Å². The monoisotopic (exact) mass is 284 g/mol. The summed E-state index contributed by atoms with van der Waals surface area (Å²) in [6.45, 7) is 4.25. The Hall–Kier alpha value is -1.26. The van der Waals surface area contributed by atoms with E-state index in [-0.39, 0.29) is 18.1 Å². The van der Waals surface area contributed by atoms with E-state index in [4.69, 9.17) is 22.1 Å². The van der Waals surface area contributed by atoms with Gasteiger partial charge in [-0.2, -0.15) is 0 Å². The van der Waals surface area contributed by atoms with Crippen molar-refractivity contribution < 1.29 is 9.53 Å². The molecule has 1 aromatic rings. The Kier molecular flexibility index (Phi) is 6.67. The summed E-state index contributed by atoms with van der Waals surface area (Å²) >= 11 is 5.87. The fourth-order valence-electron chi connectivity index (χ4n) is 1.52. The highest BCUT2D eigenvalue weighted by atomic mass is 35.5. The third-order valence-corrected chi connectivity index (χ3v) is 2.78. The second-order valence-corrected chi connectivity index (χ2v) is 5.14. The van der Waals surface area contributed by atoms with Gasteiger partial charge in [0, 0.05) is 17.5 Å². The minimum absolute atomic E-state index is 0.00107. The van der Waals surface area contributed by atoms with Crippen molar-refractivity contribution in [2.24, 2.45) is 5.73 Å². The standard InChI is InChI=1S/C14H21ClN2O2/c1-10(16)6-7-14(18)17-9-11(2)19-13-5-3-4-12(15)8-13/h3-5,8,10-11H,6-7,9,16H2,1-2H3,(H,17,18). The maximum atomic E-state index is 11.5. The van der Waals surface area contributed by atoms with Crippen LogP contribution >= 0.6 is 11.6 Å². The highest BCUT2D eigenvalue weighted by molar-refractivity contribution is 6.30. The molecule has 4 nitrogen and oxygen atoms in total. The average molecular weight is 285 g/mol. The second-order valence-electron chi connectivity index (χ2n) is 4.71. The molecule has 5 heteroatoms. The van der Waals surface area contributed by atoms with Gasteiger partial charge in [0.05, 0.1) is 6.54 Å². The number of rotatable bonds is 7. The molecule has 106 valence electrons. The predicted molar refractivity (Wildman–Crippen MR) is 77.4 cm³/mol. The predicted octanol–water partition coefficient (Wildman–Crippen LogP) is 2.35. The van der Waals surface area contributed by atoms with Crippen LogP contribution in [0.1, 0.15) is 26.7 Å². The summed E-state index contributed by atoms with van der Waals surface area (Å²) < 4.78 is 5.65. The summed E-state index contributed by atoms with van der Waals surface area (Å²) in [5.41, 5.74) is 5.60. The van der Waals surface area contributed by atoms with Gasteiger partial charge in [-0.3, -0.25) is 4.79 Å². The van der Waals surface area contributed by atoms with Gasteiger partial charge >= 0.3 is 0 Å². The number of amides is 1. The van der Waals surface area contributed by atoms with Crippen molar-refractivity contribution in [1.82, 2.24) is 5.32 Å². The Labute approximate surface area is 119 Å². The SMILES string of the molecule is CC(N)CCC(=O)NCC(C)Oc1cccc(Cl)c1. The zero-order valence-electron chi connectivity index (χ0n) is 11.4. The molecule has 0 aliphatic heterocycles.